The van der Waals surface area contributed by atoms with Crippen LogP contribution in [0.4, 0.5) is 27.8 Å². The van der Waals surface area contributed by atoms with E-state index in [0.717, 1.165) is 6.42 Å². The molecule has 0 radical (unpaired) electrons. The number of fused-ring (bicyclic) bond motifs is 6. The van der Waals surface area contributed by atoms with E-state index in [2.05, 4.69) is 179 Å². The van der Waals surface area contributed by atoms with E-state index in [1.54, 1.807) is 5.57 Å². The number of allylic oxidation sites excluding steroid dienone is 4. The first-order valence-electron chi connectivity index (χ1n) is 20.7. The number of hydrogen-bond donors (Lipinski definition) is 0. The summed E-state index contributed by atoms with van der Waals surface area (Å²) >= 11 is 1.97. The molecule has 1 aromatic heterocycles. The third-order valence-electron chi connectivity index (χ3n) is 13.8. The van der Waals surface area contributed by atoms with Crippen molar-refractivity contribution in [2.45, 2.75) is 120 Å². The molecule has 0 bridgehead atoms. The Morgan fingerprint density at radius 1 is 0.673 bits per heavy atom. The maximum atomic E-state index is 2.74. The average Bonchev–Trinajstić information content (AvgIpc) is 3.47. The van der Waals surface area contributed by atoms with E-state index in [1.807, 2.05) is 11.3 Å². The fourth-order valence-corrected chi connectivity index (χ4v) is 11.6. The Kier molecular flexibility index (Phi) is 7.99. The first-order chi connectivity index (χ1) is 25.7. The van der Waals surface area contributed by atoms with Crippen molar-refractivity contribution >= 4 is 66.8 Å². The van der Waals surface area contributed by atoms with Gasteiger partial charge in [-0.3, -0.25) is 0 Å². The minimum absolute atomic E-state index is 0.0843. The van der Waals surface area contributed by atoms with Crippen LogP contribution in [0.1, 0.15) is 116 Å². The van der Waals surface area contributed by atoms with Crippen molar-refractivity contribution < 1.29 is 0 Å². The van der Waals surface area contributed by atoms with Crippen LogP contribution in [0, 0.1) is 37.5 Å². The van der Waals surface area contributed by atoms with Gasteiger partial charge < -0.3 is 9.80 Å². The summed E-state index contributed by atoms with van der Waals surface area (Å²) in [6, 6.07) is 28.9. The van der Waals surface area contributed by atoms with Crippen LogP contribution >= 0.6 is 11.3 Å². The van der Waals surface area contributed by atoms with Crippen molar-refractivity contribution in [2.24, 2.45) is 16.7 Å². The van der Waals surface area contributed by atoms with E-state index < -0.39 is 0 Å². The van der Waals surface area contributed by atoms with Gasteiger partial charge in [-0.15, -0.1) is 11.3 Å². The van der Waals surface area contributed by atoms with Crippen molar-refractivity contribution in [3.05, 3.63) is 123 Å². The van der Waals surface area contributed by atoms with Crippen LogP contribution in [-0.2, 0) is 10.8 Å². The van der Waals surface area contributed by atoms with E-state index >= 15 is 0 Å². The largest absolute Gasteiger partial charge is 0.315 e. The molecule has 0 N–H and O–H groups in total. The maximum absolute atomic E-state index is 2.74. The molecule has 0 saturated heterocycles. The van der Waals surface area contributed by atoms with Gasteiger partial charge in [0.05, 0.1) is 5.00 Å². The lowest BCUT2D eigenvalue weighted by Crippen LogP contribution is -2.57. The Labute approximate surface area is 335 Å². The van der Waals surface area contributed by atoms with Crippen LogP contribution in [0.2, 0.25) is 0 Å². The van der Waals surface area contributed by atoms with Gasteiger partial charge in [-0.1, -0.05) is 123 Å². The zero-order chi connectivity index (χ0) is 39.1. The van der Waals surface area contributed by atoms with E-state index in [-0.39, 0.29) is 28.4 Å². The second-order valence-electron chi connectivity index (χ2n) is 20.8. The minimum atomic E-state index is 0.0843. The molecular weight excluding hydrogens is 683 g/mol. The number of thiophene rings is 1. The summed E-state index contributed by atoms with van der Waals surface area (Å²) in [4.78, 5) is 5.35. The fraction of sp³-hybridized carbons (Fsp3) is 0.412. The molecule has 2 aliphatic carbocycles. The summed E-state index contributed by atoms with van der Waals surface area (Å²) in [7, 11) is 0. The Morgan fingerprint density at radius 3 is 1.98 bits per heavy atom. The van der Waals surface area contributed by atoms with Crippen LogP contribution in [0.15, 0.2) is 95.6 Å². The molecule has 0 amide bonds. The molecule has 1 fully saturated rings. The summed E-state index contributed by atoms with van der Waals surface area (Å²) in [5.41, 5.74) is 20.1. The predicted octanol–water partition coefficient (Wildman–Crippen LogP) is 13.6. The van der Waals surface area contributed by atoms with Crippen LogP contribution in [0.5, 0.6) is 0 Å². The highest BCUT2D eigenvalue weighted by Crippen LogP contribution is 2.59. The molecule has 1 atom stereocenters. The van der Waals surface area contributed by atoms with Gasteiger partial charge in [0.15, 0.2) is 0 Å². The lowest BCUT2D eigenvalue weighted by Gasteiger charge is -2.53. The van der Waals surface area contributed by atoms with Crippen LogP contribution in [0.3, 0.4) is 0 Å². The van der Waals surface area contributed by atoms with Gasteiger partial charge >= 0.3 is 0 Å². The summed E-state index contributed by atoms with van der Waals surface area (Å²) in [6.45, 7) is 31.1. The number of rotatable bonds is 2. The second kappa shape index (κ2) is 12.0. The van der Waals surface area contributed by atoms with Gasteiger partial charge in [-0.25, -0.2) is 0 Å². The second-order valence-corrected chi connectivity index (χ2v) is 21.9. The van der Waals surface area contributed by atoms with E-state index in [9.17, 15) is 0 Å². The quantitative estimate of drug-likeness (QED) is 0.166. The van der Waals surface area contributed by atoms with Crippen LogP contribution < -0.4 is 20.7 Å². The zero-order valence-electron chi connectivity index (χ0n) is 35.6. The lowest BCUT2D eigenvalue weighted by molar-refractivity contribution is 0.121. The van der Waals surface area contributed by atoms with Crippen molar-refractivity contribution in [1.82, 2.24) is 0 Å². The molecule has 0 spiro atoms. The average molecular weight is 743 g/mol. The van der Waals surface area contributed by atoms with Gasteiger partial charge in [-0.05, 0) is 148 Å². The van der Waals surface area contributed by atoms with E-state index in [0.29, 0.717) is 5.92 Å². The summed E-state index contributed by atoms with van der Waals surface area (Å²) in [6.07, 6.45) is 6.29. The number of aryl methyl sites for hydroxylation is 3. The molecule has 2 aliphatic heterocycles. The molecule has 5 aromatic rings. The molecule has 3 heterocycles. The van der Waals surface area contributed by atoms with Crippen molar-refractivity contribution in [2.75, 3.05) is 9.80 Å². The molecule has 4 aromatic carbocycles. The monoisotopic (exact) mass is 742 g/mol. The maximum Gasteiger partial charge on any atom is 0.253 e. The molecule has 1 saturated carbocycles. The molecule has 9 rings (SSSR count). The van der Waals surface area contributed by atoms with Gasteiger partial charge in [-0.2, -0.15) is 0 Å². The summed E-state index contributed by atoms with van der Waals surface area (Å²) < 4.78 is 1.37. The van der Waals surface area contributed by atoms with Gasteiger partial charge in [0.1, 0.15) is 0 Å². The zero-order valence-corrected chi connectivity index (χ0v) is 36.4. The smallest absolute Gasteiger partial charge is 0.253 e. The van der Waals surface area contributed by atoms with Crippen molar-refractivity contribution in [3.8, 4) is 0 Å². The molecular formula is C51H59BN2S. The molecule has 4 heteroatoms. The number of anilines is 5. The molecule has 1 unspecified atom stereocenters. The number of hydrogen-bond acceptors (Lipinski definition) is 3. The minimum Gasteiger partial charge on any atom is -0.315 e. The van der Waals surface area contributed by atoms with Gasteiger partial charge in [0.2, 0.25) is 0 Å². The third-order valence-corrected chi connectivity index (χ3v) is 15.0. The highest BCUT2D eigenvalue weighted by atomic mass is 32.1. The Bertz CT molecular complexity index is 2480. The molecule has 282 valence electrons. The predicted molar refractivity (Wildman–Crippen MR) is 242 cm³/mol. The lowest BCUT2D eigenvalue weighted by atomic mass is 9.32. The Balaban J connectivity index is 1.39. The van der Waals surface area contributed by atoms with Crippen LogP contribution in [-0.4, -0.2) is 6.71 Å². The number of benzene rings is 4. The standard InChI is InChI=1S/C51H59BN2S/c1-30-14-21-44-36(24-30)45-47(55-44)53(35-18-15-33(16-19-35)48(4,5)6)42-25-31(2)26-43-46(42)52(45)39-28-37-38(51(12,13)23-22-50(37,10)11)29-41(39)54(43)40-20-17-34(27-32(40)3)49(7,8)9/h14-21,24-28,38H,22-23,29H2,1-13H3. The van der Waals surface area contributed by atoms with Crippen molar-refractivity contribution in [1.29, 1.82) is 0 Å². The number of nitrogens with zero attached hydrogens (tertiary/aromatic N) is 2. The Morgan fingerprint density at radius 2 is 1.33 bits per heavy atom. The molecule has 4 aliphatic rings. The summed E-state index contributed by atoms with van der Waals surface area (Å²) in [5.74, 6) is 0.500. The van der Waals surface area contributed by atoms with Gasteiger partial charge in [0, 0.05) is 33.1 Å². The third kappa shape index (κ3) is 5.63. The normalized spacial score (nSPS) is 19.9. The van der Waals surface area contributed by atoms with E-state index in [4.69, 9.17) is 0 Å². The first-order valence-corrected chi connectivity index (χ1v) is 21.5. The van der Waals surface area contributed by atoms with Crippen LogP contribution in [0.25, 0.3) is 10.1 Å². The Hall–Kier alpha value is -4.02. The molecule has 55 heavy (non-hydrogen) atoms. The van der Waals surface area contributed by atoms with Crippen molar-refractivity contribution in [3.63, 3.8) is 0 Å². The van der Waals surface area contributed by atoms with Gasteiger partial charge in [0.25, 0.3) is 6.71 Å². The summed E-state index contributed by atoms with van der Waals surface area (Å²) in [5, 5.41) is 2.78. The highest BCUT2D eigenvalue weighted by molar-refractivity contribution is 7.26. The van der Waals surface area contributed by atoms with E-state index in [1.165, 1.54) is 101 Å². The fourth-order valence-electron chi connectivity index (χ4n) is 10.4. The highest BCUT2D eigenvalue weighted by Gasteiger charge is 2.52. The molecule has 2 nitrogen and oxygen atoms in total. The SMILES string of the molecule is Cc1cc2c3c(c1)N(c1ccc(C(C)(C)C)cc1)c1sc4ccc(C)cc4c1B3C1=C(CC3C(=C1)C(C)(C)CCC3(C)C)N2c1ccc(C(C)(C)C)cc1C. The first kappa shape index (κ1) is 36.6. The topological polar surface area (TPSA) is 6.48 Å².